The topological polar surface area (TPSA) is 55.6 Å². The molecule has 3 atom stereocenters. The number of nitrogens with zero attached hydrogens (tertiary/aromatic N) is 1. The molecular formula is C16H30N2O2. The molecule has 0 aromatic carbocycles. The van der Waals surface area contributed by atoms with Gasteiger partial charge in [-0.25, -0.2) is 4.79 Å². The number of ether oxygens (including phenoxy) is 1. The summed E-state index contributed by atoms with van der Waals surface area (Å²) in [4.78, 5) is 14.5. The molecule has 2 N–H and O–H groups in total. The van der Waals surface area contributed by atoms with Gasteiger partial charge >= 0.3 is 6.09 Å². The van der Waals surface area contributed by atoms with Crippen molar-refractivity contribution in [3.05, 3.63) is 0 Å². The van der Waals surface area contributed by atoms with Crippen LogP contribution in [0.25, 0.3) is 0 Å². The lowest BCUT2D eigenvalue weighted by molar-refractivity contribution is -0.0119. The van der Waals surface area contributed by atoms with Crippen LogP contribution >= 0.6 is 0 Å². The Balaban J connectivity index is 2.08. The van der Waals surface area contributed by atoms with E-state index in [1.807, 2.05) is 25.7 Å². The summed E-state index contributed by atoms with van der Waals surface area (Å²) < 4.78 is 5.60. The number of amides is 1. The van der Waals surface area contributed by atoms with Crippen molar-refractivity contribution in [3.63, 3.8) is 0 Å². The summed E-state index contributed by atoms with van der Waals surface area (Å²) in [6, 6.07) is 0.325. The number of hydrogen-bond acceptors (Lipinski definition) is 3. The Morgan fingerprint density at radius 3 is 2.55 bits per heavy atom. The fraction of sp³-hybridized carbons (Fsp3) is 0.938. The Morgan fingerprint density at radius 2 is 2.05 bits per heavy atom. The third-order valence-electron chi connectivity index (χ3n) is 4.52. The highest BCUT2D eigenvalue weighted by Crippen LogP contribution is 2.47. The summed E-state index contributed by atoms with van der Waals surface area (Å²) in [6.45, 7) is 11.8. The van der Waals surface area contributed by atoms with Gasteiger partial charge in [0.15, 0.2) is 0 Å². The highest BCUT2D eigenvalue weighted by molar-refractivity contribution is 5.69. The van der Waals surface area contributed by atoms with Crippen molar-refractivity contribution in [2.24, 2.45) is 23.0 Å². The van der Waals surface area contributed by atoms with Crippen molar-refractivity contribution in [1.29, 1.82) is 0 Å². The van der Waals surface area contributed by atoms with E-state index in [0.29, 0.717) is 17.9 Å². The van der Waals surface area contributed by atoms with Gasteiger partial charge in [0.25, 0.3) is 0 Å². The number of likely N-dealkylation sites (tertiary alicyclic amines) is 1. The van der Waals surface area contributed by atoms with Gasteiger partial charge in [-0.1, -0.05) is 13.8 Å². The molecule has 0 aromatic rings. The van der Waals surface area contributed by atoms with Crippen LogP contribution in [0.2, 0.25) is 0 Å². The van der Waals surface area contributed by atoms with E-state index in [-0.39, 0.29) is 11.5 Å². The van der Waals surface area contributed by atoms with E-state index >= 15 is 0 Å². The molecule has 3 unspecified atom stereocenters. The first-order valence-corrected chi connectivity index (χ1v) is 7.83. The van der Waals surface area contributed by atoms with Crippen LogP contribution in [0, 0.1) is 17.3 Å². The van der Waals surface area contributed by atoms with E-state index < -0.39 is 5.60 Å². The highest BCUT2D eigenvalue weighted by Gasteiger charge is 2.49. The molecular weight excluding hydrogens is 252 g/mol. The predicted octanol–water partition coefficient (Wildman–Crippen LogP) is 3.01. The number of nitrogens with two attached hydrogens (primary N) is 1. The van der Waals surface area contributed by atoms with Crippen molar-refractivity contribution < 1.29 is 9.53 Å². The summed E-state index contributed by atoms with van der Waals surface area (Å²) in [7, 11) is 0. The molecule has 2 rings (SSSR count). The van der Waals surface area contributed by atoms with Crippen LogP contribution in [0.15, 0.2) is 0 Å². The molecule has 0 radical (unpaired) electrons. The monoisotopic (exact) mass is 282 g/mol. The van der Waals surface area contributed by atoms with Gasteiger partial charge in [-0.15, -0.1) is 0 Å². The smallest absolute Gasteiger partial charge is 0.410 e. The lowest BCUT2D eigenvalue weighted by Crippen LogP contribution is -2.52. The van der Waals surface area contributed by atoms with Crippen molar-refractivity contribution in [2.45, 2.75) is 65.5 Å². The predicted molar refractivity (Wildman–Crippen MR) is 80.4 cm³/mol. The third kappa shape index (κ3) is 3.66. The van der Waals surface area contributed by atoms with Gasteiger partial charge in [-0.05, 0) is 63.8 Å². The number of hydrogen-bond donors (Lipinski definition) is 1. The van der Waals surface area contributed by atoms with Gasteiger partial charge in [0.1, 0.15) is 5.60 Å². The van der Waals surface area contributed by atoms with Crippen LogP contribution < -0.4 is 5.73 Å². The Hall–Kier alpha value is -0.770. The number of rotatable bonds is 2. The van der Waals surface area contributed by atoms with E-state index in [2.05, 4.69) is 13.8 Å². The standard InChI is InChI=1S/C16H30N2O2/c1-15(2,3)20-14(19)18-10-16(4,5)7-6-13(18)12-8-11(12)9-17/h11-13H,6-10,17H2,1-5H3. The van der Waals surface area contributed by atoms with Crippen LogP contribution in [0.3, 0.4) is 0 Å². The molecule has 4 nitrogen and oxygen atoms in total. The van der Waals surface area contributed by atoms with Crippen molar-refractivity contribution in [2.75, 3.05) is 13.1 Å². The van der Waals surface area contributed by atoms with Crippen LogP contribution in [0.5, 0.6) is 0 Å². The first kappa shape index (κ1) is 15.6. The normalized spacial score (nSPS) is 32.9. The maximum atomic E-state index is 12.5. The van der Waals surface area contributed by atoms with Gasteiger partial charge in [0.2, 0.25) is 0 Å². The van der Waals surface area contributed by atoms with E-state index in [9.17, 15) is 4.79 Å². The van der Waals surface area contributed by atoms with E-state index in [4.69, 9.17) is 10.5 Å². The second kappa shape index (κ2) is 5.21. The zero-order valence-electron chi connectivity index (χ0n) is 13.6. The van der Waals surface area contributed by atoms with Crippen LogP contribution in [-0.4, -0.2) is 35.7 Å². The second-order valence-electron chi connectivity index (χ2n) is 8.27. The number of piperidine rings is 1. The molecule has 4 heteroatoms. The minimum Gasteiger partial charge on any atom is -0.444 e. The molecule has 0 bridgehead atoms. The van der Waals surface area contributed by atoms with Gasteiger partial charge in [-0.2, -0.15) is 0 Å². The number of carbonyl (C=O) groups is 1. The largest absolute Gasteiger partial charge is 0.444 e. The Bertz CT molecular complexity index is 373. The minimum atomic E-state index is -0.431. The third-order valence-corrected chi connectivity index (χ3v) is 4.52. The maximum absolute atomic E-state index is 12.5. The molecule has 2 aliphatic rings. The van der Waals surface area contributed by atoms with Gasteiger partial charge in [0, 0.05) is 12.6 Å². The second-order valence-corrected chi connectivity index (χ2v) is 8.27. The Morgan fingerprint density at radius 1 is 1.40 bits per heavy atom. The molecule has 116 valence electrons. The quantitative estimate of drug-likeness (QED) is 0.847. The van der Waals surface area contributed by atoms with Crippen molar-refractivity contribution in [3.8, 4) is 0 Å². The van der Waals surface area contributed by atoms with Crippen LogP contribution in [0.4, 0.5) is 4.79 Å². The summed E-state index contributed by atoms with van der Waals surface area (Å²) in [6.07, 6.45) is 3.26. The summed E-state index contributed by atoms with van der Waals surface area (Å²) >= 11 is 0. The van der Waals surface area contributed by atoms with Gasteiger partial charge in [0.05, 0.1) is 0 Å². The SMILES string of the molecule is CC1(C)CCC(C2CC2CN)N(C(=O)OC(C)(C)C)C1. The molecule has 1 saturated heterocycles. The minimum absolute atomic E-state index is 0.155. The Labute approximate surface area is 123 Å². The zero-order chi connectivity index (χ0) is 15.1. The molecule has 20 heavy (non-hydrogen) atoms. The van der Waals surface area contributed by atoms with Gasteiger partial charge in [-0.3, -0.25) is 0 Å². The van der Waals surface area contributed by atoms with Crippen molar-refractivity contribution >= 4 is 6.09 Å². The summed E-state index contributed by atoms with van der Waals surface area (Å²) in [5.74, 6) is 1.19. The molecule has 1 aliphatic carbocycles. The average molecular weight is 282 g/mol. The molecule has 2 fully saturated rings. The van der Waals surface area contributed by atoms with Crippen LogP contribution in [-0.2, 0) is 4.74 Å². The molecule has 1 amide bonds. The molecule has 0 spiro atoms. The Kier molecular flexibility index (Phi) is 4.07. The zero-order valence-corrected chi connectivity index (χ0v) is 13.6. The first-order valence-electron chi connectivity index (χ1n) is 7.83. The fourth-order valence-electron chi connectivity index (χ4n) is 3.33. The highest BCUT2D eigenvalue weighted by atomic mass is 16.6. The van der Waals surface area contributed by atoms with E-state index in [1.54, 1.807) is 0 Å². The molecule has 1 heterocycles. The molecule has 1 saturated carbocycles. The fourth-order valence-corrected chi connectivity index (χ4v) is 3.33. The first-order chi connectivity index (χ1) is 9.13. The lowest BCUT2D eigenvalue weighted by Gasteiger charge is -2.44. The molecule has 1 aliphatic heterocycles. The van der Waals surface area contributed by atoms with Gasteiger partial charge < -0.3 is 15.4 Å². The van der Waals surface area contributed by atoms with Crippen molar-refractivity contribution in [1.82, 2.24) is 4.90 Å². The maximum Gasteiger partial charge on any atom is 0.410 e. The summed E-state index contributed by atoms with van der Waals surface area (Å²) in [5.41, 5.74) is 5.52. The summed E-state index contributed by atoms with van der Waals surface area (Å²) in [5, 5.41) is 0. The number of carbonyl (C=O) groups excluding carboxylic acids is 1. The lowest BCUT2D eigenvalue weighted by atomic mass is 9.80. The van der Waals surface area contributed by atoms with Crippen LogP contribution in [0.1, 0.15) is 53.9 Å². The van der Waals surface area contributed by atoms with E-state index in [0.717, 1.165) is 19.5 Å². The van der Waals surface area contributed by atoms with E-state index in [1.165, 1.54) is 12.8 Å². The average Bonchev–Trinajstić information content (AvgIpc) is 3.04. The molecule has 0 aromatic heterocycles.